The number of carbonyl (C=O) groups is 2. The summed E-state index contributed by atoms with van der Waals surface area (Å²) in [5.41, 5.74) is 1.34. The lowest BCUT2D eigenvalue weighted by molar-refractivity contribution is -0.145. The number of amides is 2. The molecule has 0 aliphatic carbocycles. The van der Waals surface area contributed by atoms with Crippen LogP contribution in [0.25, 0.3) is 6.08 Å². The normalized spacial score (nSPS) is 17.6. The molecule has 1 atom stereocenters. The molecule has 2 amide bonds. The summed E-state index contributed by atoms with van der Waals surface area (Å²) >= 11 is 0. The summed E-state index contributed by atoms with van der Waals surface area (Å²) in [6.45, 7) is 3.33. The van der Waals surface area contributed by atoms with E-state index < -0.39 is 5.60 Å². The van der Waals surface area contributed by atoms with E-state index in [0.717, 1.165) is 5.56 Å². The predicted molar refractivity (Wildman–Crippen MR) is 98.0 cm³/mol. The number of benzene rings is 1. The van der Waals surface area contributed by atoms with E-state index in [0.29, 0.717) is 17.1 Å². The summed E-state index contributed by atoms with van der Waals surface area (Å²) in [7, 11) is 0. The van der Waals surface area contributed by atoms with Crippen LogP contribution in [0, 0.1) is 0 Å². The molecule has 2 N–H and O–H groups in total. The van der Waals surface area contributed by atoms with Gasteiger partial charge >= 0.3 is 12.0 Å². The maximum Gasteiger partial charge on any atom is 0.323 e. The molecular formula is C19H19N3O4. The number of nitrogens with one attached hydrogen (secondary N) is 2. The monoisotopic (exact) mass is 353 g/mol. The quantitative estimate of drug-likeness (QED) is 0.822. The Morgan fingerprint density at radius 3 is 2.77 bits per heavy atom. The average molecular weight is 353 g/mol. The zero-order valence-electron chi connectivity index (χ0n) is 14.5. The highest BCUT2D eigenvalue weighted by Gasteiger charge is 2.29. The standard InChI is InChI=1S/C19H19N3O4/c1-13(23)25-12-19(2)8-7-14-10-15(5-6-17(14)26-19)21-18(24)22-16-4-3-9-20-11-16/h3-11H,12H2,1-2H3,(H2,21,22,24). The first kappa shape index (κ1) is 17.5. The Balaban J connectivity index is 1.66. The van der Waals surface area contributed by atoms with Gasteiger partial charge in [-0.15, -0.1) is 0 Å². The minimum absolute atomic E-state index is 0.131. The molecule has 7 heteroatoms. The number of hydrogen-bond acceptors (Lipinski definition) is 5. The van der Waals surface area contributed by atoms with E-state index in [1.807, 2.05) is 19.1 Å². The fourth-order valence-electron chi connectivity index (χ4n) is 2.45. The molecule has 0 fully saturated rings. The number of ether oxygens (including phenoxy) is 2. The minimum atomic E-state index is -0.717. The van der Waals surface area contributed by atoms with Crippen LogP contribution in [-0.2, 0) is 9.53 Å². The highest BCUT2D eigenvalue weighted by Crippen LogP contribution is 2.33. The van der Waals surface area contributed by atoms with Gasteiger partial charge in [0.1, 0.15) is 12.4 Å². The molecule has 0 saturated heterocycles. The Morgan fingerprint density at radius 1 is 1.23 bits per heavy atom. The fourth-order valence-corrected chi connectivity index (χ4v) is 2.45. The number of aromatic nitrogens is 1. The third-order valence-corrected chi connectivity index (χ3v) is 3.71. The second-order valence-electron chi connectivity index (χ2n) is 6.10. The third-order valence-electron chi connectivity index (χ3n) is 3.71. The summed E-state index contributed by atoms with van der Waals surface area (Å²) in [6, 6.07) is 8.44. The van der Waals surface area contributed by atoms with Crippen molar-refractivity contribution in [3.63, 3.8) is 0 Å². The van der Waals surface area contributed by atoms with Crippen molar-refractivity contribution in [1.29, 1.82) is 0 Å². The molecule has 7 nitrogen and oxygen atoms in total. The van der Waals surface area contributed by atoms with Crippen molar-refractivity contribution in [3.8, 4) is 5.75 Å². The average Bonchev–Trinajstić information content (AvgIpc) is 2.61. The maximum absolute atomic E-state index is 12.1. The Labute approximate surface area is 151 Å². The van der Waals surface area contributed by atoms with E-state index in [4.69, 9.17) is 9.47 Å². The van der Waals surface area contributed by atoms with Crippen LogP contribution < -0.4 is 15.4 Å². The van der Waals surface area contributed by atoms with Gasteiger partial charge in [-0.05, 0) is 43.3 Å². The van der Waals surface area contributed by atoms with E-state index >= 15 is 0 Å². The van der Waals surface area contributed by atoms with Gasteiger partial charge < -0.3 is 20.1 Å². The summed E-state index contributed by atoms with van der Waals surface area (Å²) in [5.74, 6) is 0.300. The van der Waals surface area contributed by atoms with Gasteiger partial charge in [-0.3, -0.25) is 9.78 Å². The number of esters is 1. The number of fused-ring (bicyclic) bond motifs is 1. The van der Waals surface area contributed by atoms with Crippen LogP contribution in [-0.4, -0.2) is 29.2 Å². The van der Waals surface area contributed by atoms with Gasteiger partial charge in [0.2, 0.25) is 0 Å². The number of nitrogens with zero attached hydrogens (tertiary/aromatic N) is 1. The van der Waals surface area contributed by atoms with Crippen LogP contribution in [0.3, 0.4) is 0 Å². The molecule has 1 aromatic heterocycles. The number of anilines is 2. The van der Waals surface area contributed by atoms with E-state index in [2.05, 4.69) is 15.6 Å². The van der Waals surface area contributed by atoms with Crippen LogP contribution in [0.5, 0.6) is 5.75 Å². The van der Waals surface area contributed by atoms with Gasteiger partial charge in [0.05, 0.1) is 11.9 Å². The van der Waals surface area contributed by atoms with Crippen molar-refractivity contribution < 1.29 is 19.1 Å². The third kappa shape index (κ3) is 4.38. The molecule has 1 aromatic carbocycles. The maximum atomic E-state index is 12.1. The zero-order valence-corrected chi connectivity index (χ0v) is 14.5. The number of urea groups is 1. The number of pyridine rings is 1. The number of carbonyl (C=O) groups excluding carboxylic acids is 2. The SMILES string of the molecule is CC(=O)OCC1(C)C=Cc2cc(NC(=O)Nc3cccnc3)ccc2O1. The van der Waals surface area contributed by atoms with Crippen LogP contribution >= 0.6 is 0 Å². The van der Waals surface area contributed by atoms with Crippen molar-refractivity contribution in [1.82, 2.24) is 4.98 Å². The molecule has 0 radical (unpaired) electrons. The molecule has 1 aliphatic rings. The topological polar surface area (TPSA) is 89.5 Å². The first-order valence-corrected chi connectivity index (χ1v) is 8.07. The molecule has 3 rings (SSSR count). The van der Waals surface area contributed by atoms with Crippen LogP contribution in [0.2, 0.25) is 0 Å². The Bertz CT molecular complexity index is 851. The van der Waals surface area contributed by atoms with Crippen LogP contribution in [0.1, 0.15) is 19.4 Å². The van der Waals surface area contributed by atoms with Gasteiger partial charge in [-0.2, -0.15) is 0 Å². The van der Waals surface area contributed by atoms with E-state index in [9.17, 15) is 9.59 Å². The first-order chi connectivity index (χ1) is 12.4. The highest BCUT2D eigenvalue weighted by atomic mass is 16.6. The summed E-state index contributed by atoms with van der Waals surface area (Å²) in [6.07, 6.45) is 6.91. The minimum Gasteiger partial charge on any atom is -0.479 e. The van der Waals surface area contributed by atoms with Crippen molar-refractivity contribution in [2.24, 2.45) is 0 Å². The first-order valence-electron chi connectivity index (χ1n) is 8.07. The molecule has 0 saturated carbocycles. The Morgan fingerprint density at radius 2 is 2.04 bits per heavy atom. The molecule has 2 heterocycles. The zero-order chi connectivity index (χ0) is 18.6. The Kier molecular flexibility index (Phi) is 4.88. The molecule has 0 spiro atoms. The second kappa shape index (κ2) is 7.26. The lowest BCUT2D eigenvalue weighted by Crippen LogP contribution is -2.37. The van der Waals surface area contributed by atoms with E-state index in [-0.39, 0.29) is 18.6 Å². The summed E-state index contributed by atoms with van der Waals surface area (Å²) in [4.78, 5) is 27.0. The predicted octanol–water partition coefficient (Wildman–Crippen LogP) is 3.45. The van der Waals surface area contributed by atoms with E-state index in [1.165, 1.54) is 6.92 Å². The van der Waals surface area contributed by atoms with Crippen LogP contribution in [0.4, 0.5) is 16.2 Å². The molecule has 134 valence electrons. The molecule has 2 aromatic rings. The molecule has 1 aliphatic heterocycles. The molecule has 26 heavy (non-hydrogen) atoms. The van der Waals surface area contributed by atoms with Gasteiger partial charge in [0.15, 0.2) is 5.60 Å². The lowest BCUT2D eigenvalue weighted by atomic mass is 10.0. The largest absolute Gasteiger partial charge is 0.479 e. The van der Waals surface area contributed by atoms with Crippen molar-refractivity contribution in [2.75, 3.05) is 17.2 Å². The molecule has 0 bridgehead atoms. The molecular weight excluding hydrogens is 334 g/mol. The van der Waals surface area contributed by atoms with Crippen molar-refractivity contribution >= 4 is 29.5 Å². The highest BCUT2D eigenvalue weighted by molar-refractivity contribution is 5.99. The van der Waals surface area contributed by atoms with Gasteiger partial charge in [0, 0.05) is 24.4 Å². The Hall–Kier alpha value is -3.35. The van der Waals surface area contributed by atoms with E-state index in [1.54, 1.807) is 42.7 Å². The van der Waals surface area contributed by atoms with Gasteiger partial charge in [-0.25, -0.2) is 4.79 Å². The van der Waals surface area contributed by atoms with Crippen LogP contribution in [0.15, 0.2) is 48.8 Å². The fraction of sp³-hybridized carbons (Fsp3) is 0.211. The molecule has 1 unspecified atom stereocenters. The second-order valence-corrected chi connectivity index (χ2v) is 6.10. The smallest absolute Gasteiger partial charge is 0.323 e. The summed E-state index contributed by atoms with van der Waals surface area (Å²) < 4.78 is 11.0. The number of hydrogen-bond donors (Lipinski definition) is 2. The van der Waals surface area contributed by atoms with Crippen molar-refractivity contribution in [2.45, 2.75) is 19.4 Å². The van der Waals surface area contributed by atoms with Gasteiger partial charge in [-0.1, -0.05) is 6.08 Å². The number of rotatable bonds is 4. The lowest BCUT2D eigenvalue weighted by Gasteiger charge is -2.31. The van der Waals surface area contributed by atoms with Gasteiger partial charge in [0.25, 0.3) is 0 Å². The summed E-state index contributed by atoms with van der Waals surface area (Å²) in [5, 5.41) is 5.47. The van der Waals surface area contributed by atoms with Crippen molar-refractivity contribution in [3.05, 3.63) is 54.4 Å².